The lowest BCUT2D eigenvalue weighted by Gasteiger charge is -1.95. The summed E-state index contributed by atoms with van der Waals surface area (Å²) in [5.41, 5.74) is 0.849. The lowest BCUT2D eigenvalue weighted by molar-refractivity contribution is -0.402. The van der Waals surface area contributed by atoms with E-state index in [4.69, 9.17) is 5.11 Å². The minimum atomic E-state index is -0.514. The fourth-order valence-corrected chi connectivity index (χ4v) is 1.32. The molecule has 0 saturated heterocycles. The van der Waals surface area contributed by atoms with E-state index in [0.717, 1.165) is 21.6 Å². The van der Waals surface area contributed by atoms with Crippen molar-refractivity contribution in [1.82, 2.24) is 0 Å². The highest BCUT2D eigenvalue weighted by Gasteiger charge is 1.91. The summed E-state index contributed by atoms with van der Waals surface area (Å²) < 4.78 is 0.923. The smallest absolute Gasteiger partial charge is 0.234 e. The summed E-state index contributed by atoms with van der Waals surface area (Å²) in [7, 11) is 0. The van der Waals surface area contributed by atoms with E-state index >= 15 is 0 Å². The molecule has 0 amide bonds. The Hall–Kier alpha value is -1.63. The van der Waals surface area contributed by atoms with E-state index in [1.807, 2.05) is 12.2 Å². The van der Waals surface area contributed by atoms with Crippen molar-refractivity contribution < 1.29 is 10.0 Å². The Morgan fingerprint density at radius 2 is 2.06 bits per heavy atom. The Bertz CT molecular complexity index is 432. The molecule has 0 unspecified atom stereocenters. The molecule has 0 radical (unpaired) electrons. The second-order valence-corrected chi connectivity index (χ2v) is 4.18. The van der Waals surface area contributed by atoms with Crippen molar-refractivity contribution in [2.45, 2.75) is 6.42 Å². The quantitative estimate of drug-likeness (QED) is 0.243. The van der Waals surface area contributed by atoms with Gasteiger partial charge in [0.15, 0.2) is 0 Å². The fraction of sp³-hybridized carbons (Fsp3) is 0.0769. The van der Waals surface area contributed by atoms with Crippen molar-refractivity contribution in [3.05, 3.63) is 80.8 Å². The minimum absolute atomic E-state index is 0.514. The Morgan fingerprint density at radius 1 is 1.33 bits per heavy atom. The van der Waals surface area contributed by atoms with Crippen molar-refractivity contribution in [2.24, 2.45) is 0 Å². The van der Waals surface area contributed by atoms with E-state index in [0.29, 0.717) is 6.42 Å². The van der Waals surface area contributed by atoms with Gasteiger partial charge in [-0.3, -0.25) is 10.1 Å². The van der Waals surface area contributed by atoms with Crippen LogP contribution in [0.25, 0.3) is 0 Å². The van der Waals surface area contributed by atoms with Crippen LogP contribution in [0.1, 0.15) is 6.42 Å². The maximum Gasteiger partial charge on any atom is 0.234 e. The van der Waals surface area contributed by atoms with Gasteiger partial charge < -0.3 is 5.11 Å². The lowest BCUT2D eigenvalue weighted by atomic mass is 10.2. The topological polar surface area (TPSA) is 63.4 Å². The van der Waals surface area contributed by atoms with Crippen LogP contribution >= 0.6 is 22.6 Å². The van der Waals surface area contributed by atoms with Crippen LogP contribution < -0.4 is 0 Å². The molecule has 0 atom stereocenters. The monoisotopic (exact) mass is 359 g/mol. The molecule has 5 heteroatoms. The van der Waals surface area contributed by atoms with Crippen molar-refractivity contribution in [3.8, 4) is 0 Å². The molecule has 0 aromatic rings. The van der Waals surface area contributed by atoms with Gasteiger partial charge in [-0.05, 0) is 40.7 Å². The Balaban J connectivity index is 4.38. The van der Waals surface area contributed by atoms with E-state index in [-0.39, 0.29) is 0 Å². The van der Waals surface area contributed by atoms with Gasteiger partial charge in [0.25, 0.3) is 0 Å². The molecule has 0 fully saturated rings. The Morgan fingerprint density at radius 3 is 2.61 bits per heavy atom. The zero-order valence-corrected chi connectivity index (χ0v) is 11.9. The van der Waals surface area contributed by atoms with Crippen LogP contribution in [-0.4, -0.2) is 10.0 Å². The minimum Gasteiger partial charge on any atom is -0.516 e. The van der Waals surface area contributed by atoms with Crippen LogP contribution in [-0.2, 0) is 0 Å². The van der Waals surface area contributed by atoms with Crippen LogP contribution in [0.15, 0.2) is 70.7 Å². The predicted molar refractivity (Wildman–Crippen MR) is 82.0 cm³/mol. The van der Waals surface area contributed by atoms with E-state index in [2.05, 4.69) is 29.2 Å². The maximum absolute atomic E-state index is 9.98. The van der Waals surface area contributed by atoms with Gasteiger partial charge in [-0.1, -0.05) is 37.0 Å². The Labute approximate surface area is 120 Å². The molecule has 0 rings (SSSR count). The summed E-state index contributed by atoms with van der Waals surface area (Å²) in [5.74, 6) is 0. The van der Waals surface area contributed by atoms with Crippen LogP contribution in [0.2, 0.25) is 0 Å². The van der Waals surface area contributed by atoms with E-state index in [1.165, 1.54) is 6.08 Å². The molecule has 0 saturated carbocycles. The number of allylic oxidation sites excluding steroid dienone is 9. The number of nitrogens with zero attached hydrogens (tertiary/aromatic N) is 1. The molecule has 0 spiro atoms. The molecule has 96 valence electrons. The third kappa shape index (κ3) is 8.51. The molecule has 1 N–H and O–H groups in total. The van der Waals surface area contributed by atoms with Gasteiger partial charge >= 0.3 is 0 Å². The predicted octanol–water partition coefficient (Wildman–Crippen LogP) is 4.23. The van der Waals surface area contributed by atoms with Gasteiger partial charge in [-0.15, -0.1) is 0 Å². The van der Waals surface area contributed by atoms with Crippen molar-refractivity contribution in [2.75, 3.05) is 0 Å². The largest absolute Gasteiger partial charge is 0.516 e. The molecule has 4 nitrogen and oxygen atoms in total. The number of rotatable bonds is 7. The lowest BCUT2D eigenvalue weighted by Crippen LogP contribution is -1.80. The first-order valence-corrected chi connectivity index (χ1v) is 6.16. The van der Waals surface area contributed by atoms with Crippen molar-refractivity contribution in [3.63, 3.8) is 0 Å². The molecule has 0 aliphatic rings. The highest BCUT2D eigenvalue weighted by Crippen LogP contribution is 2.16. The zero-order valence-electron chi connectivity index (χ0n) is 9.70. The summed E-state index contributed by atoms with van der Waals surface area (Å²) in [5, 5.41) is 18.7. The van der Waals surface area contributed by atoms with Crippen LogP contribution in [0.5, 0.6) is 0 Å². The standard InChI is InChI=1S/C13H14INO3/c1-2-13(14)12(9-11-16)8-6-4-3-5-7-10-15(17)18/h2-3,5-11,16H,1,4H2/b5-3-,8-6-,10-7+,11-9+,13-12+. The second kappa shape index (κ2) is 10.5. The molecule has 18 heavy (non-hydrogen) atoms. The third-order valence-corrected chi connectivity index (χ3v) is 2.80. The average Bonchev–Trinajstić information content (AvgIpc) is 2.35. The number of halogens is 1. The molecule has 0 aliphatic carbocycles. The molecular formula is C13H14INO3. The average molecular weight is 359 g/mol. The van der Waals surface area contributed by atoms with Crippen LogP contribution in [0, 0.1) is 10.1 Å². The Kier molecular flexibility index (Phi) is 9.57. The first-order chi connectivity index (χ1) is 8.61. The molecule has 0 aromatic carbocycles. The van der Waals surface area contributed by atoms with Crippen LogP contribution in [0.3, 0.4) is 0 Å². The summed E-state index contributed by atoms with van der Waals surface area (Å²) in [6.07, 6.45) is 14.2. The van der Waals surface area contributed by atoms with E-state index in [9.17, 15) is 10.1 Å². The van der Waals surface area contributed by atoms with Gasteiger partial charge in [0.2, 0.25) is 6.20 Å². The van der Waals surface area contributed by atoms with E-state index in [1.54, 1.807) is 24.3 Å². The fourth-order valence-electron chi connectivity index (χ4n) is 0.964. The van der Waals surface area contributed by atoms with E-state index < -0.39 is 4.92 Å². The van der Waals surface area contributed by atoms with Gasteiger partial charge in [0.05, 0.1) is 11.2 Å². The molecule has 0 bridgehead atoms. The normalized spacial score (nSPS) is 13.8. The number of hydrogen-bond acceptors (Lipinski definition) is 3. The molecular weight excluding hydrogens is 345 g/mol. The van der Waals surface area contributed by atoms with Crippen molar-refractivity contribution in [1.29, 1.82) is 0 Å². The molecule has 0 aromatic heterocycles. The van der Waals surface area contributed by atoms with Crippen molar-refractivity contribution >= 4 is 22.6 Å². The SMILES string of the molecule is C=C/C(I)=C(/C=C\C/C=C\C=C\[N+](=O)[O-])\C=C\O. The summed E-state index contributed by atoms with van der Waals surface area (Å²) >= 11 is 2.12. The van der Waals surface area contributed by atoms with Gasteiger partial charge in [0.1, 0.15) is 0 Å². The maximum atomic E-state index is 9.98. The first-order valence-electron chi connectivity index (χ1n) is 5.08. The zero-order chi connectivity index (χ0) is 13.8. The number of nitro groups is 1. The van der Waals surface area contributed by atoms with Gasteiger partial charge in [-0.2, -0.15) is 0 Å². The van der Waals surface area contributed by atoms with Gasteiger partial charge in [0, 0.05) is 9.66 Å². The highest BCUT2D eigenvalue weighted by molar-refractivity contribution is 14.1. The third-order valence-electron chi connectivity index (χ3n) is 1.73. The molecule has 0 heterocycles. The van der Waals surface area contributed by atoms with Gasteiger partial charge in [-0.25, -0.2) is 0 Å². The number of aliphatic hydroxyl groups excluding tert-OH is 1. The number of aliphatic hydroxyl groups is 1. The highest BCUT2D eigenvalue weighted by atomic mass is 127. The van der Waals surface area contributed by atoms with Crippen LogP contribution in [0.4, 0.5) is 0 Å². The second-order valence-electron chi connectivity index (χ2n) is 3.02. The first kappa shape index (κ1) is 16.4. The number of hydrogen-bond donors (Lipinski definition) is 1. The molecule has 0 aliphatic heterocycles. The summed E-state index contributed by atoms with van der Waals surface area (Å²) in [6.45, 7) is 3.65. The summed E-state index contributed by atoms with van der Waals surface area (Å²) in [6, 6.07) is 0. The summed E-state index contributed by atoms with van der Waals surface area (Å²) in [4.78, 5) is 9.47.